The fourth-order valence-electron chi connectivity index (χ4n) is 3.07. The van der Waals surface area contributed by atoms with Crippen molar-refractivity contribution in [1.82, 2.24) is 20.4 Å². The van der Waals surface area contributed by atoms with Crippen LogP contribution in [0.4, 0.5) is 4.79 Å². The Balaban J connectivity index is 1.92. The summed E-state index contributed by atoms with van der Waals surface area (Å²) in [5, 5.41) is 8.90. The summed E-state index contributed by atoms with van der Waals surface area (Å²) in [6.07, 6.45) is -1.30. The molecule has 3 amide bonds. The van der Waals surface area contributed by atoms with Gasteiger partial charge < -0.3 is 10.1 Å². The van der Waals surface area contributed by atoms with Crippen LogP contribution in [0.5, 0.6) is 0 Å². The van der Waals surface area contributed by atoms with Crippen LogP contribution < -0.4 is 10.6 Å². The minimum absolute atomic E-state index is 0.271. The third-order valence-electron chi connectivity index (χ3n) is 4.53. The number of ether oxygens (including phenoxy) is 1. The van der Waals surface area contributed by atoms with E-state index in [1.54, 1.807) is 48.9 Å². The summed E-state index contributed by atoms with van der Waals surface area (Å²) < 4.78 is 7.20. The van der Waals surface area contributed by atoms with E-state index in [9.17, 15) is 14.4 Å². The van der Waals surface area contributed by atoms with Gasteiger partial charge in [-0.15, -0.1) is 0 Å². The number of aromatic nitrogens is 2. The fraction of sp³-hybridized carbons (Fsp3) is 0.182. The molecule has 0 aliphatic carbocycles. The quantitative estimate of drug-likeness (QED) is 0.635. The number of carbonyl (C=O) groups is 3. The molecule has 0 unspecified atom stereocenters. The van der Waals surface area contributed by atoms with Crippen LogP contribution in [0.1, 0.15) is 33.4 Å². The van der Waals surface area contributed by atoms with Gasteiger partial charge in [0.25, 0.3) is 5.91 Å². The minimum Gasteiger partial charge on any atom is -0.444 e. The number of nitrogens with one attached hydrogen (secondary N) is 2. The predicted octanol–water partition coefficient (Wildman–Crippen LogP) is 2.84. The largest absolute Gasteiger partial charge is 0.444 e. The van der Waals surface area contributed by atoms with Gasteiger partial charge in [0.05, 0.1) is 17.1 Å². The molecule has 0 aliphatic heterocycles. The number of imide groups is 1. The molecule has 2 aromatic carbocycles. The number of aryl methyl sites for hydroxylation is 1. The van der Waals surface area contributed by atoms with Crippen molar-refractivity contribution in [3.05, 3.63) is 83.2 Å². The maximum atomic E-state index is 13.0. The number of urea groups is 1. The number of rotatable bonds is 5. The molecular weight excluding hydrogens is 384 g/mol. The third-order valence-corrected chi connectivity index (χ3v) is 4.53. The van der Waals surface area contributed by atoms with Crippen LogP contribution in [0.15, 0.2) is 60.7 Å². The minimum atomic E-state index is -1.30. The molecule has 0 radical (unpaired) electrons. The number of amides is 3. The average Bonchev–Trinajstić information content (AvgIpc) is 3.06. The molecule has 0 bridgehead atoms. The third kappa shape index (κ3) is 4.38. The molecule has 0 saturated carbocycles. The maximum absolute atomic E-state index is 13.0. The van der Waals surface area contributed by atoms with E-state index in [2.05, 4.69) is 15.7 Å². The molecule has 1 heterocycles. The SMILES string of the molecule is CNC(=O)NC(=O)[C@H](OC(=O)c1c(C)nn(-c2ccccc2)c1C)c1ccccc1. The van der Waals surface area contributed by atoms with Crippen LogP contribution in [-0.2, 0) is 9.53 Å². The van der Waals surface area contributed by atoms with Gasteiger partial charge in [-0.05, 0) is 26.0 Å². The van der Waals surface area contributed by atoms with Gasteiger partial charge in [-0.25, -0.2) is 14.3 Å². The Morgan fingerprint density at radius 2 is 1.57 bits per heavy atom. The molecule has 3 aromatic rings. The molecule has 0 aliphatic rings. The van der Waals surface area contributed by atoms with E-state index in [0.29, 0.717) is 17.0 Å². The number of esters is 1. The normalized spacial score (nSPS) is 11.4. The lowest BCUT2D eigenvalue weighted by Gasteiger charge is -2.17. The van der Waals surface area contributed by atoms with E-state index in [1.807, 2.05) is 30.3 Å². The highest BCUT2D eigenvalue weighted by Crippen LogP contribution is 2.24. The zero-order valence-corrected chi connectivity index (χ0v) is 16.9. The van der Waals surface area contributed by atoms with Crippen LogP contribution in [0.25, 0.3) is 5.69 Å². The first kappa shape index (κ1) is 20.8. The second-order valence-electron chi connectivity index (χ2n) is 6.56. The van der Waals surface area contributed by atoms with Gasteiger partial charge in [0.2, 0.25) is 6.10 Å². The fourth-order valence-corrected chi connectivity index (χ4v) is 3.07. The average molecular weight is 406 g/mol. The summed E-state index contributed by atoms with van der Waals surface area (Å²) in [6.45, 7) is 3.46. The Bertz CT molecular complexity index is 1060. The van der Waals surface area contributed by atoms with Crippen molar-refractivity contribution >= 4 is 17.9 Å². The van der Waals surface area contributed by atoms with E-state index in [1.165, 1.54) is 7.05 Å². The lowest BCUT2D eigenvalue weighted by atomic mass is 10.1. The lowest BCUT2D eigenvalue weighted by Crippen LogP contribution is -2.41. The standard InChI is InChI=1S/C22H22N4O4/c1-14-18(15(2)26(25-14)17-12-8-5-9-13-17)21(28)30-19(16-10-6-4-7-11-16)20(27)24-22(29)23-3/h4-13,19H,1-3H3,(H2,23,24,27,29)/t19-/m1/s1. The number of carbonyl (C=O) groups excluding carboxylic acids is 3. The van der Waals surface area contributed by atoms with Crippen molar-refractivity contribution < 1.29 is 19.1 Å². The van der Waals surface area contributed by atoms with Crippen molar-refractivity contribution in [3.8, 4) is 5.69 Å². The van der Waals surface area contributed by atoms with E-state index >= 15 is 0 Å². The van der Waals surface area contributed by atoms with Crippen molar-refractivity contribution in [2.24, 2.45) is 0 Å². The second-order valence-corrected chi connectivity index (χ2v) is 6.56. The van der Waals surface area contributed by atoms with E-state index in [0.717, 1.165) is 5.69 Å². The van der Waals surface area contributed by atoms with Gasteiger partial charge in [0, 0.05) is 12.6 Å². The van der Waals surface area contributed by atoms with Crippen molar-refractivity contribution in [3.63, 3.8) is 0 Å². The van der Waals surface area contributed by atoms with E-state index < -0.39 is 24.0 Å². The smallest absolute Gasteiger partial charge is 0.343 e. The van der Waals surface area contributed by atoms with Crippen molar-refractivity contribution in [2.45, 2.75) is 20.0 Å². The van der Waals surface area contributed by atoms with Crippen LogP contribution in [0.2, 0.25) is 0 Å². The summed E-state index contributed by atoms with van der Waals surface area (Å²) >= 11 is 0. The zero-order chi connectivity index (χ0) is 21.7. The first-order valence-corrected chi connectivity index (χ1v) is 9.32. The predicted molar refractivity (Wildman–Crippen MR) is 110 cm³/mol. The zero-order valence-electron chi connectivity index (χ0n) is 16.9. The molecule has 8 nitrogen and oxygen atoms in total. The van der Waals surface area contributed by atoms with Crippen LogP contribution in [0.3, 0.4) is 0 Å². The van der Waals surface area contributed by atoms with Gasteiger partial charge in [-0.3, -0.25) is 10.1 Å². The Labute approximate surface area is 173 Å². The molecule has 2 N–H and O–H groups in total. The summed E-state index contributed by atoms with van der Waals surface area (Å²) in [5.74, 6) is -1.45. The molecule has 154 valence electrons. The molecule has 1 aromatic heterocycles. The maximum Gasteiger partial charge on any atom is 0.343 e. The molecule has 3 rings (SSSR count). The number of hydrogen-bond acceptors (Lipinski definition) is 5. The Hall–Kier alpha value is -3.94. The van der Waals surface area contributed by atoms with Crippen LogP contribution in [-0.4, -0.2) is 34.7 Å². The highest BCUT2D eigenvalue weighted by atomic mass is 16.5. The Kier molecular flexibility index (Phi) is 6.26. The highest BCUT2D eigenvalue weighted by Gasteiger charge is 2.29. The summed E-state index contributed by atoms with van der Waals surface area (Å²) in [4.78, 5) is 37.2. The first-order valence-electron chi connectivity index (χ1n) is 9.32. The Morgan fingerprint density at radius 1 is 0.967 bits per heavy atom. The molecule has 8 heteroatoms. The van der Waals surface area contributed by atoms with Gasteiger partial charge in [0.15, 0.2) is 0 Å². The topological polar surface area (TPSA) is 102 Å². The van der Waals surface area contributed by atoms with Crippen LogP contribution in [0, 0.1) is 13.8 Å². The number of hydrogen-bond donors (Lipinski definition) is 2. The molecule has 0 spiro atoms. The monoisotopic (exact) mass is 406 g/mol. The lowest BCUT2D eigenvalue weighted by molar-refractivity contribution is -0.129. The molecular formula is C22H22N4O4. The number of benzene rings is 2. The molecule has 0 saturated heterocycles. The van der Waals surface area contributed by atoms with E-state index in [4.69, 9.17) is 4.74 Å². The van der Waals surface area contributed by atoms with Gasteiger partial charge >= 0.3 is 12.0 Å². The Morgan fingerprint density at radius 3 is 2.17 bits per heavy atom. The van der Waals surface area contributed by atoms with Crippen molar-refractivity contribution in [1.29, 1.82) is 0 Å². The molecule has 30 heavy (non-hydrogen) atoms. The first-order chi connectivity index (χ1) is 14.4. The van der Waals surface area contributed by atoms with Gasteiger partial charge in [-0.2, -0.15) is 5.10 Å². The molecule has 0 fully saturated rings. The van der Waals surface area contributed by atoms with Gasteiger partial charge in [-0.1, -0.05) is 48.5 Å². The molecule has 1 atom stereocenters. The number of para-hydroxylation sites is 1. The number of nitrogens with zero attached hydrogens (tertiary/aromatic N) is 2. The summed E-state index contributed by atoms with van der Waals surface area (Å²) in [7, 11) is 1.39. The summed E-state index contributed by atoms with van der Waals surface area (Å²) in [5.41, 5.74) is 2.57. The van der Waals surface area contributed by atoms with E-state index in [-0.39, 0.29) is 5.56 Å². The van der Waals surface area contributed by atoms with Gasteiger partial charge in [0.1, 0.15) is 5.56 Å². The highest BCUT2D eigenvalue weighted by molar-refractivity contribution is 5.99. The van der Waals surface area contributed by atoms with Crippen LogP contribution >= 0.6 is 0 Å². The summed E-state index contributed by atoms with van der Waals surface area (Å²) in [6, 6.07) is 17.2. The second kappa shape index (κ2) is 9.04. The van der Waals surface area contributed by atoms with Crippen molar-refractivity contribution in [2.75, 3.05) is 7.05 Å².